The third-order valence-corrected chi connectivity index (χ3v) is 2.08. The summed E-state index contributed by atoms with van der Waals surface area (Å²) < 4.78 is 10.2. The Kier molecular flexibility index (Phi) is 2.06. The topological polar surface area (TPSA) is 35.5 Å². The molecule has 0 radical (unpaired) electrons. The van der Waals surface area contributed by atoms with Crippen LogP contribution in [-0.2, 0) is 0 Å². The van der Waals surface area contributed by atoms with E-state index in [2.05, 4.69) is 5.92 Å². The molecule has 3 nitrogen and oxygen atoms in total. The minimum atomic E-state index is -0.639. The average molecular weight is 209 g/mol. The van der Waals surface area contributed by atoms with Crippen LogP contribution in [0.5, 0.6) is 11.5 Å². The molecule has 0 spiro atoms. The zero-order chi connectivity index (χ0) is 10.1. The number of hydrogen-bond donors (Lipinski definition) is 0. The molecule has 0 atom stereocenters. The van der Waals surface area contributed by atoms with Gasteiger partial charge in [-0.1, -0.05) is 5.92 Å². The van der Waals surface area contributed by atoms with Crippen molar-refractivity contribution in [2.24, 2.45) is 0 Å². The number of rotatable bonds is 1. The molecule has 1 aliphatic rings. The Bertz CT molecular complexity index is 445. The summed E-state index contributed by atoms with van der Waals surface area (Å²) in [7, 11) is 0. The van der Waals surface area contributed by atoms with E-state index < -0.39 is 5.24 Å². The van der Waals surface area contributed by atoms with E-state index in [0.717, 1.165) is 0 Å². The molecule has 0 aromatic heterocycles. The predicted octanol–water partition coefficient (Wildman–Crippen LogP) is 1.78. The van der Waals surface area contributed by atoms with Crippen LogP contribution in [0.25, 0.3) is 0 Å². The number of fused-ring (bicyclic) bond motifs is 1. The molecule has 1 aromatic rings. The van der Waals surface area contributed by atoms with Gasteiger partial charge >= 0.3 is 0 Å². The number of benzene rings is 1. The third kappa shape index (κ3) is 1.21. The van der Waals surface area contributed by atoms with Crippen LogP contribution in [0, 0.1) is 12.3 Å². The molecule has 0 saturated carbocycles. The maximum Gasteiger partial charge on any atom is 0.257 e. The maximum absolute atomic E-state index is 11.1. The van der Waals surface area contributed by atoms with Crippen LogP contribution >= 0.6 is 11.6 Å². The molecular weight excluding hydrogens is 204 g/mol. The van der Waals surface area contributed by atoms with Crippen molar-refractivity contribution in [3.8, 4) is 23.8 Å². The standard InChI is InChI=1S/C10H5ClO3/c1-2-6-3-4-7-9(14-5-13-7)8(6)10(11)12/h1,3-4H,5H2. The molecule has 1 aromatic carbocycles. The fourth-order valence-electron chi connectivity index (χ4n) is 1.29. The predicted molar refractivity (Wildman–Crippen MR) is 50.7 cm³/mol. The molecule has 70 valence electrons. The van der Waals surface area contributed by atoms with Crippen molar-refractivity contribution >= 4 is 16.8 Å². The van der Waals surface area contributed by atoms with Gasteiger partial charge in [-0.25, -0.2) is 0 Å². The molecule has 0 fully saturated rings. The van der Waals surface area contributed by atoms with Crippen LogP contribution in [-0.4, -0.2) is 12.0 Å². The van der Waals surface area contributed by atoms with Gasteiger partial charge < -0.3 is 9.47 Å². The molecule has 1 heterocycles. The minimum Gasteiger partial charge on any atom is -0.454 e. The summed E-state index contributed by atoms with van der Waals surface area (Å²) in [6.07, 6.45) is 5.23. The van der Waals surface area contributed by atoms with Crippen LogP contribution in [0.3, 0.4) is 0 Å². The van der Waals surface area contributed by atoms with Crippen molar-refractivity contribution in [3.05, 3.63) is 23.3 Å². The van der Waals surface area contributed by atoms with E-state index in [4.69, 9.17) is 27.5 Å². The van der Waals surface area contributed by atoms with Gasteiger partial charge in [0.05, 0.1) is 5.56 Å². The zero-order valence-corrected chi connectivity index (χ0v) is 7.80. The molecule has 14 heavy (non-hydrogen) atoms. The van der Waals surface area contributed by atoms with Gasteiger partial charge in [0.15, 0.2) is 11.5 Å². The number of hydrogen-bond acceptors (Lipinski definition) is 3. The first-order chi connectivity index (χ1) is 6.74. The third-order valence-electron chi connectivity index (χ3n) is 1.89. The lowest BCUT2D eigenvalue weighted by molar-refractivity contribution is 0.107. The first-order valence-corrected chi connectivity index (χ1v) is 4.21. The van der Waals surface area contributed by atoms with Gasteiger partial charge in [0, 0.05) is 5.56 Å². The lowest BCUT2D eigenvalue weighted by Crippen LogP contribution is -1.98. The monoisotopic (exact) mass is 208 g/mol. The summed E-state index contributed by atoms with van der Waals surface area (Å²) >= 11 is 5.40. The number of ether oxygens (including phenoxy) is 2. The van der Waals surface area contributed by atoms with E-state index >= 15 is 0 Å². The summed E-state index contributed by atoms with van der Waals surface area (Å²) in [5.74, 6) is 3.19. The van der Waals surface area contributed by atoms with Gasteiger partial charge in [-0.3, -0.25) is 4.79 Å². The Balaban J connectivity index is 2.70. The average Bonchev–Trinajstić information content (AvgIpc) is 2.62. The van der Waals surface area contributed by atoms with Gasteiger partial charge in [-0.15, -0.1) is 6.42 Å². The summed E-state index contributed by atoms with van der Waals surface area (Å²) in [6.45, 7) is 0.0839. The van der Waals surface area contributed by atoms with Crippen LogP contribution in [0.1, 0.15) is 15.9 Å². The van der Waals surface area contributed by atoms with Gasteiger partial charge in [0.25, 0.3) is 5.24 Å². The van der Waals surface area contributed by atoms with Gasteiger partial charge in [-0.2, -0.15) is 0 Å². The van der Waals surface area contributed by atoms with Crippen molar-refractivity contribution in [1.29, 1.82) is 0 Å². The van der Waals surface area contributed by atoms with Crippen LogP contribution < -0.4 is 9.47 Å². The smallest absolute Gasteiger partial charge is 0.257 e. The zero-order valence-electron chi connectivity index (χ0n) is 7.04. The van der Waals surface area contributed by atoms with Crippen molar-refractivity contribution in [3.63, 3.8) is 0 Å². The Hall–Kier alpha value is -1.66. The molecule has 0 saturated heterocycles. The first-order valence-electron chi connectivity index (χ1n) is 3.83. The van der Waals surface area contributed by atoms with Crippen molar-refractivity contribution in [2.75, 3.05) is 6.79 Å². The Morgan fingerprint density at radius 3 is 2.93 bits per heavy atom. The lowest BCUT2D eigenvalue weighted by atomic mass is 10.1. The number of terminal acetylenes is 1. The molecule has 4 heteroatoms. The van der Waals surface area contributed by atoms with E-state index in [1.807, 2.05) is 0 Å². The number of halogens is 1. The Labute approximate surface area is 85.6 Å². The van der Waals surface area contributed by atoms with E-state index in [-0.39, 0.29) is 12.4 Å². The van der Waals surface area contributed by atoms with Gasteiger partial charge in [0.1, 0.15) is 0 Å². The fourth-order valence-corrected chi connectivity index (χ4v) is 1.48. The normalized spacial score (nSPS) is 12.3. The van der Waals surface area contributed by atoms with Gasteiger partial charge in [0.2, 0.25) is 6.79 Å². The Morgan fingerprint density at radius 1 is 1.50 bits per heavy atom. The minimum absolute atomic E-state index is 0.0839. The molecule has 1 aliphatic heterocycles. The molecule has 0 N–H and O–H groups in total. The SMILES string of the molecule is C#Cc1ccc2c(c1C(=O)Cl)OCO2. The summed E-state index contributed by atoms with van der Waals surface area (Å²) in [5.41, 5.74) is 0.610. The lowest BCUT2D eigenvalue weighted by Gasteiger charge is -2.03. The fraction of sp³-hybridized carbons (Fsp3) is 0.100. The quantitative estimate of drug-likeness (QED) is 0.521. The van der Waals surface area contributed by atoms with E-state index in [0.29, 0.717) is 17.1 Å². The van der Waals surface area contributed by atoms with Crippen molar-refractivity contribution in [1.82, 2.24) is 0 Å². The molecule has 0 bridgehead atoms. The highest BCUT2D eigenvalue weighted by Crippen LogP contribution is 2.37. The summed E-state index contributed by atoms with van der Waals surface area (Å²) in [6, 6.07) is 3.25. The largest absolute Gasteiger partial charge is 0.454 e. The molecule has 0 amide bonds. The highest BCUT2D eigenvalue weighted by Gasteiger charge is 2.23. The highest BCUT2D eigenvalue weighted by atomic mass is 35.5. The first kappa shape index (κ1) is 8.92. The highest BCUT2D eigenvalue weighted by molar-refractivity contribution is 6.68. The Morgan fingerprint density at radius 2 is 2.29 bits per heavy atom. The van der Waals surface area contributed by atoms with Crippen LogP contribution in [0.15, 0.2) is 12.1 Å². The number of carbonyl (C=O) groups excluding carboxylic acids is 1. The van der Waals surface area contributed by atoms with Crippen molar-refractivity contribution in [2.45, 2.75) is 0 Å². The summed E-state index contributed by atoms with van der Waals surface area (Å²) in [4.78, 5) is 11.1. The second kappa shape index (κ2) is 3.24. The van der Waals surface area contributed by atoms with Crippen molar-refractivity contribution < 1.29 is 14.3 Å². The molecule has 0 aliphatic carbocycles. The van der Waals surface area contributed by atoms with E-state index in [9.17, 15) is 4.79 Å². The molecule has 0 unspecified atom stereocenters. The van der Waals surface area contributed by atoms with E-state index in [1.165, 1.54) is 0 Å². The van der Waals surface area contributed by atoms with E-state index in [1.54, 1.807) is 12.1 Å². The van der Waals surface area contributed by atoms with Crippen LogP contribution in [0.2, 0.25) is 0 Å². The summed E-state index contributed by atoms with van der Waals surface area (Å²) in [5, 5.41) is -0.639. The number of carbonyl (C=O) groups is 1. The van der Waals surface area contributed by atoms with Crippen LogP contribution in [0.4, 0.5) is 0 Å². The van der Waals surface area contributed by atoms with Gasteiger partial charge in [-0.05, 0) is 23.7 Å². The second-order valence-corrected chi connectivity index (χ2v) is 2.98. The molecular formula is C10H5ClO3. The maximum atomic E-state index is 11.1. The second-order valence-electron chi connectivity index (χ2n) is 2.64. The molecule has 2 rings (SSSR count).